The van der Waals surface area contributed by atoms with Crippen molar-refractivity contribution in [2.24, 2.45) is 0 Å². The highest BCUT2D eigenvalue weighted by molar-refractivity contribution is 9.11. The number of rotatable bonds is 5. The van der Waals surface area contributed by atoms with Crippen LogP contribution in [0.5, 0.6) is 0 Å². The monoisotopic (exact) mass is 406 g/mol. The minimum atomic E-state index is 0.582. The van der Waals surface area contributed by atoms with Crippen molar-refractivity contribution in [2.45, 2.75) is 44.2 Å². The number of nitrogens with zero attached hydrogens (tertiary/aromatic N) is 4. The van der Waals surface area contributed by atoms with Gasteiger partial charge in [0.25, 0.3) is 0 Å². The van der Waals surface area contributed by atoms with Crippen LogP contribution in [-0.2, 0) is 6.54 Å². The van der Waals surface area contributed by atoms with Crippen molar-refractivity contribution < 1.29 is 0 Å². The van der Waals surface area contributed by atoms with E-state index in [1.54, 1.807) is 0 Å². The molecule has 0 radical (unpaired) electrons. The molecule has 0 unspecified atom stereocenters. The molecule has 0 spiro atoms. The van der Waals surface area contributed by atoms with Crippen LogP contribution in [0.3, 0.4) is 0 Å². The Morgan fingerprint density at radius 3 is 2.67 bits per heavy atom. The summed E-state index contributed by atoms with van der Waals surface area (Å²) < 4.78 is 1.22. The molecule has 6 heteroatoms. The lowest BCUT2D eigenvalue weighted by molar-refractivity contribution is 0.204. The highest BCUT2D eigenvalue weighted by Crippen LogP contribution is 2.38. The van der Waals surface area contributed by atoms with Gasteiger partial charge in [-0.3, -0.25) is 4.90 Å². The summed E-state index contributed by atoms with van der Waals surface area (Å²) in [4.78, 5) is 15.6. The van der Waals surface area contributed by atoms with E-state index in [0.717, 1.165) is 31.3 Å². The summed E-state index contributed by atoms with van der Waals surface area (Å²) in [5, 5.41) is 0. The zero-order valence-corrected chi connectivity index (χ0v) is 16.4. The van der Waals surface area contributed by atoms with E-state index in [4.69, 9.17) is 4.98 Å². The molecule has 0 aromatic carbocycles. The van der Waals surface area contributed by atoms with E-state index in [0.29, 0.717) is 12.0 Å². The normalized spacial score (nSPS) is 19.6. The van der Waals surface area contributed by atoms with Crippen molar-refractivity contribution in [3.8, 4) is 0 Å². The molecule has 0 N–H and O–H groups in total. The second-order valence-electron chi connectivity index (χ2n) is 6.87. The van der Waals surface area contributed by atoms with Crippen LogP contribution in [0.1, 0.15) is 42.3 Å². The maximum Gasteiger partial charge on any atom is 0.133 e. The molecule has 4 nitrogen and oxygen atoms in total. The summed E-state index contributed by atoms with van der Waals surface area (Å²) in [5.74, 6) is 2.75. The van der Waals surface area contributed by atoms with Gasteiger partial charge in [0, 0.05) is 49.7 Å². The van der Waals surface area contributed by atoms with E-state index in [2.05, 4.69) is 56.0 Å². The van der Waals surface area contributed by atoms with Crippen LogP contribution in [-0.4, -0.2) is 41.0 Å². The Morgan fingerprint density at radius 2 is 2.00 bits per heavy atom. The molecule has 2 aromatic heterocycles. The Bertz CT molecular complexity index is 692. The number of thiophene rings is 1. The molecule has 1 aliphatic carbocycles. The summed E-state index contributed by atoms with van der Waals surface area (Å²) >= 11 is 5.40. The summed E-state index contributed by atoms with van der Waals surface area (Å²) in [5.41, 5.74) is 0. The number of likely N-dealkylation sites (tertiary alicyclic amines) is 1. The Morgan fingerprint density at radius 1 is 1.21 bits per heavy atom. The van der Waals surface area contributed by atoms with E-state index in [-0.39, 0.29) is 0 Å². The lowest BCUT2D eigenvalue weighted by Crippen LogP contribution is -2.43. The van der Waals surface area contributed by atoms with Gasteiger partial charge in [0.1, 0.15) is 11.6 Å². The van der Waals surface area contributed by atoms with Gasteiger partial charge in [0.2, 0.25) is 0 Å². The zero-order chi connectivity index (χ0) is 16.5. The van der Waals surface area contributed by atoms with Gasteiger partial charge < -0.3 is 4.90 Å². The van der Waals surface area contributed by atoms with E-state index >= 15 is 0 Å². The summed E-state index contributed by atoms with van der Waals surface area (Å²) in [6, 6.07) is 7.01. The first-order valence-corrected chi connectivity index (χ1v) is 10.3. The summed E-state index contributed by atoms with van der Waals surface area (Å²) in [6.07, 6.45) is 6.84. The molecule has 1 saturated carbocycles. The molecule has 2 aliphatic rings. The first-order chi connectivity index (χ1) is 11.7. The number of hydrogen-bond donors (Lipinski definition) is 0. The molecule has 1 aliphatic heterocycles. The lowest BCUT2D eigenvalue weighted by Gasteiger charge is -2.37. The third kappa shape index (κ3) is 3.81. The van der Waals surface area contributed by atoms with Gasteiger partial charge in [-0.1, -0.05) is 0 Å². The number of aromatic nitrogens is 2. The number of anilines is 1. The standard InChI is InChI=1S/C18H23BrN4S/c1-22(17-6-9-20-18(21-17)13-2-3-13)14-7-10-23(11-8-14)12-15-4-5-16(19)24-15/h4-6,9,13-14H,2-3,7-8,10-12H2,1H3. The van der Waals surface area contributed by atoms with Gasteiger partial charge in [-0.25, -0.2) is 9.97 Å². The van der Waals surface area contributed by atoms with Crippen molar-refractivity contribution in [1.82, 2.24) is 14.9 Å². The topological polar surface area (TPSA) is 32.3 Å². The van der Waals surface area contributed by atoms with Gasteiger partial charge in [-0.2, -0.15) is 0 Å². The molecule has 2 fully saturated rings. The molecular formula is C18H23BrN4S. The number of piperidine rings is 1. The van der Waals surface area contributed by atoms with Crippen LogP contribution in [0.2, 0.25) is 0 Å². The van der Waals surface area contributed by atoms with Crippen LogP contribution in [0.4, 0.5) is 5.82 Å². The Labute approximate surface area is 156 Å². The SMILES string of the molecule is CN(c1ccnc(C2CC2)n1)C1CCN(Cc2ccc(Br)s2)CC1. The largest absolute Gasteiger partial charge is 0.356 e. The van der Waals surface area contributed by atoms with Gasteiger partial charge in [-0.15, -0.1) is 11.3 Å². The molecule has 0 amide bonds. The quantitative estimate of drug-likeness (QED) is 0.741. The van der Waals surface area contributed by atoms with Crippen LogP contribution < -0.4 is 4.90 Å². The smallest absolute Gasteiger partial charge is 0.133 e. The maximum atomic E-state index is 4.80. The Balaban J connectivity index is 1.34. The highest BCUT2D eigenvalue weighted by atomic mass is 79.9. The van der Waals surface area contributed by atoms with Crippen molar-refractivity contribution >= 4 is 33.1 Å². The van der Waals surface area contributed by atoms with Crippen molar-refractivity contribution in [1.29, 1.82) is 0 Å². The van der Waals surface area contributed by atoms with E-state index < -0.39 is 0 Å². The molecule has 2 aromatic rings. The first-order valence-electron chi connectivity index (χ1n) is 8.71. The second kappa shape index (κ2) is 7.10. The van der Waals surface area contributed by atoms with Crippen LogP contribution in [0, 0.1) is 0 Å². The molecule has 0 atom stereocenters. The van der Waals surface area contributed by atoms with Crippen molar-refractivity contribution in [3.63, 3.8) is 0 Å². The third-order valence-electron chi connectivity index (χ3n) is 5.08. The molecule has 24 heavy (non-hydrogen) atoms. The number of hydrogen-bond acceptors (Lipinski definition) is 5. The van der Waals surface area contributed by atoms with E-state index in [1.807, 2.05) is 17.5 Å². The average molecular weight is 407 g/mol. The molecule has 3 heterocycles. The third-order valence-corrected chi connectivity index (χ3v) is 6.68. The summed E-state index contributed by atoms with van der Waals surface area (Å²) in [7, 11) is 2.19. The van der Waals surface area contributed by atoms with Gasteiger partial charge in [0.05, 0.1) is 3.79 Å². The zero-order valence-electron chi connectivity index (χ0n) is 14.0. The van der Waals surface area contributed by atoms with Crippen molar-refractivity contribution in [3.05, 3.63) is 38.9 Å². The number of halogens is 1. The van der Waals surface area contributed by atoms with Crippen LogP contribution >= 0.6 is 27.3 Å². The van der Waals surface area contributed by atoms with Crippen molar-refractivity contribution in [2.75, 3.05) is 25.0 Å². The average Bonchev–Trinajstić information content (AvgIpc) is 3.38. The predicted octanol–water partition coefficient (Wildman–Crippen LogP) is 4.28. The Hall–Kier alpha value is -0.980. The second-order valence-corrected chi connectivity index (χ2v) is 9.42. The van der Waals surface area contributed by atoms with Crippen LogP contribution in [0.15, 0.2) is 28.2 Å². The maximum absolute atomic E-state index is 4.80. The fourth-order valence-electron chi connectivity index (χ4n) is 3.41. The van der Waals surface area contributed by atoms with E-state index in [9.17, 15) is 0 Å². The predicted molar refractivity (Wildman–Crippen MR) is 103 cm³/mol. The molecular weight excluding hydrogens is 384 g/mol. The van der Waals surface area contributed by atoms with E-state index in [1.165, 1.54) is 34.3 Å². The molecule has 4 rings (SSSR count). The molecule has 1 saturated heterocycles. The van der Waals surface area contributed by atoms with Crippen LogP contribution in [0.25, 0.3) is 0 Å². The van der Waals surface area contributed by atoms with Gasteiger partial charge >= 0.3 is 0 Å². The van der Waals surface area contributed by atoms with Gasteiger partial charge in [0.15, 0.2) is 0 Å². The summed E-state index contributed by atoms with van der Waals surface area (Å²) in [6.45, 7) is 3.39. The first kappa shape index (κ1) is 16.5. The molecule has 0 bridgehead atoms. The van der Waals surface area contributed by atoms with Gasteiger partial charge in [-0.05, 0) is 59.8 Å². The fraction of sp³-hybridized carbons (Fsp3) is 0.556. The lowest BCUT2D eigenvalue weighted by atomic mass is 10.0. The Kier molecular flexibility index (Phi) is 4.88. The minimum Gasteiger partial charge on any atom is -0.356 e. The minimum absolute atomic E-state index is 0.582. The highest BCUT2D eigenvalue weighted by Gasteiger charge is 2.28. The molecule has 128 valence electrons. The fourth-order valence-corrected chi connectivity index (χ4v) is 4.93.